The van der Waals surface area contributed by atoms with Crippen molar-refractivity contribution in [2.45, 2.75) is 6.92 Å². The van der Waals surface area contributed by atoms with Crippen LogP contribution in [0.15, 0.2) is 36.4 Å². The average molecular weight is 201 g/mol. The lowest BCUT2D eigenvalue weighted by atomic mass is 10.1. The van der Waals surface area contributed by atoms with Crippen LogP contribution >= 0.6 is 0 Å². The van der Waals surface area contributed by atoms with Crippen LogP contribution in [-0.2, 0) is 0 Å². The number of rotatable bonds is 2. The first-order valence-corrected chi connectivity index (χ1v) is 5.02. The van der Waals surface area contributed by atoms with Crippen LogP contribution < -0.4 is 4.84 Å². The van der Waals surface area contributed by atoms with Crippen LogP contribution in [0.2, 0.25) is 0 Å². The van der Waals surface area contributed by atoms with Crippen molar-refractivity contribution in [2.75, 3.05) is 14.1 Å². The molecule has 0 atom stereocenters. The van der Waals surface area contributed by atoms with Gasteiger partial charge in [0.15, 0.2) is 5.75 Å². The Kier molecular flexibility index (Phi) is 2.60. The predicted molar refractivity (Wildman–Crippen MR) is 63.0 cm³/mol. The summed E-state index contributed by atoms with van der Waals surface area (Å²) in [5.74, 6) is 0.915. The molecule has 0 saturated carbocycles. The lowest BCUT2D eigenvalue weighted by Crippen LogP contribution is -2.16. The number of fused-ring (bicyclic) bond motifs is 1. The van der Waals surface area contributed by atoms with Gasteiger partial charge in [-0.15, -0.1) is 0 Å². The molecule has 0 unspecified atom stereocenters. The Balaban J connectivity index is 2.55. The van der Waals surface area contributed by atoms with E-state index in [1.807, 2.05) is 26.2 Å². The standard InChI is InChI=1S/C13H15NO/c1-10-12-7-5-4-6-11(12)8-9-13(10)15-14(2)3/h4-9H,1-3H3. The van der Waals surface area contributed by atoms with Crippen molar-refractivity contribution in [3.05, 3.63) is 42.0 Å². The quantitative estimate of drug-likeness (QED) is 0.692. The molecule has 0 aliphatic rings. The molecule has 0 aromatic heterocycles. The molecule has 0 aliphatic carbocycles. The maximum atomic E-state index is 5.59. The Morgan fingerprint density at radius 1 is 1.00 bits per heavy atom. The Labute approximate surface area is 90.0 Å². The normalized spacial score (nSPS) is 10.9. The summed E-state index contributed by atoms with van der Waals surface area (Å²) in [7, 11) is 3.77. The van der Waals surface area contributed by atoms with E-state index in [-0.39, 0.29) is 0 Å². The minimum Gasteiger partial charge on any atom is -0.406 e. The van der Waals surface area contributed by atoms with Crippen molar-refractivity contribution in [3.8, 4) is 5.75 Å². The largest absolute Gasteiger partial charge is 0.406 e. The molecule has 0 heterocycles. The molecule has 0 bridgehead atoms. The van der Waals surface area contributed by atoms with E-state index in [1.165, 1.54) is 16.3 Å². The van der Waals surface area contributed by atoms with E-state index in [2.05, 4.69) is 31.2 Å². The summed E-state index contributed by atoms with van der Waals surface area (Å²) in [5, 5.41) is 4.20. The monoisotopic (exact) mass is 201 g/mol. The van der Waals surface area contributed by atoms with Crippen molar-refractivity contribution in [1.82, 2.24) is 5.06 Å². The van der Waals surface area contributed by atoms with Crippen LogP contribution in [0, 0.1) is 6.92 Å². The van der Waals surface area contributed by atoms with E-state index >= 15 is 0 Å². The van der Waals surface area contributed by atoms with Gasteiger partial charge in [-0.3, -0.25) is 0 Å². The zero-order chi connectivity index (χ0) is 10.8. The van der Waals surface area contributed by atoms with Crippen LogP contribution in [-0.4, -0.2) is 19.2 Å². The molecule has 15 heavy (non-hydrogen) atoms. The highest BCUT2D eigenvalue weighted by Gasteiger charge is 2.04. The average Bonchev–Trinajstić information content (AvgIpc) is 2.22. The topological polar surface area (TPSA) is 12.5 Å². The van der Waals surface area contributed by atoms with Gasteiger partial charge in [-0.25, -0.2) is 0 Å². The first-order chi connectivity index (χ1) is 7.18. The third-order valence-corrected chi connectivity index (χ3v) is 2.43. The maximum Gasteiger partial charge on any atom is 0.150 e. The molecule has 2 heteroatoms. The van der Waals surface area contributed by atoms with Crippen molar-refractivity contribution in [1.29, 1.82) is 0 Å². The van der Waals surface area contributed by atoms with Crippen LogP contribution in [0.25, 0.3) is 10.8 Å². The van der Waals surface area contributed by atoms with Gasteiger partial charge in [0.05, 0.1) is 0 Å². The summed E-state index contributed by atoms with van der Waals surface area (Å²) >= 11 is 0. The Hall–Kier alpha value is -1.54. The number of nitrogens with zero attached hydrogens (tertiary/aromatic N) is 1. The molecule has 0 radical (unpaired) electrons. The lowest BCUT2D eigenvalue weighted by molar-refractivity contribution is -0.00382. The second-order valence-electron chi connectivity index (χ2n) is 3.81. The third-order valence-electron chi connectivity index (χ3n) is 2.43. The van der Waals surface area contributed by atoms with Gasteiger partial charge in [0.25, 0.3) is 0 Å². The van der Waals surface area contributed by atoms with Gasteiger partial charge >= 0.3 is 0 Å². The molecule has 2 rings (SSSR count). The summed E-state index contributed by atoms with van der Waals surface area (Å²) in [4.78, 5) is 5.59. The molecule has 0 amide bonds. The van der Waals surface area contributed by atoms with Crippen LogP contribution in [0.3, 0.4) is 0 Å². The van der Waals surface area contributed by atoms with E-state index in [1.54, 1.807) is 5.06 Å². The second kappa shape index (κ2) is 3.91. The highest BCUT2D eigenvalue weighted by atomic mass is 16.7. The molecule has 0 aliphatic heterocycles. The smallest absolute Gasteiger partial charge is 0.150 e. The molecular formula is C13H15NO. The third kappa shape index (κ3) is 1.95. The van der Waals surface area contributed by atoms with Gasteiger partial charge in [-0.05, 0) is 23.8 Å². The van der Waals surface area contributed by atoms with Gasteiger partial charge in [0.1, 0.15) is 0 Å². The van der Waals surface area contributed by atoms with Crippen molar-refractivity contribution in [2.24, 2.45) is 0 Å². The first kappa shape index (κ1) is 9.99. The second-order valence-corrected chi connectivity index (χ2v) is 3.81. The van der Waals surface area contributed by atoms with Crippen molar-refractivity contribution in [3.63, 3.8) is 0 Å². The summed E-state index contributed by atoms with van der Waals surface area (Å²) in [6, 6.07) is 12.4. The first-order valence-electron chi connectivity index (χ1n) is 5.02. The highest BCUT2D eigenvalue weighted by Crippen LogP contribution is 2.27. The molecule has 78 valence electrons. The fraction of sp³-hybridized carbons (Fsp3) is 0.231. The SMILES string of the molecule is Cc1c(ON(C)C)ccc2ccccc12. The number of hydrogen-bond donors (Lipinski definition) is 0. The van der Waals surface area contributed by atoms with E-state index in [4.69, 9.17) is 4.84 Å². The van der Waals surface area contributed by atoms with E-state index < -0.39 is 0 Å². The molecule has 0 spiro atoms. The fourth-order valence-corrected chi connectivity index (χ4v) is 1.70. The summed E-state index contributed by atoms with van der Waals surface area (Å²) in [6.45, 7) is 2.08. The Morgan fingerprint density at radius 2 is 1.73 bits per heavy atom. The molecule has 2 aromatic carbocycles. The van der Waals surface area contributed by atoms with Crippen LogP contribution in [0.4, 0.5) is 0 Å². The number of aryl methyl sites for hydroxylation is 1. The van der Waals surface area contributed by atoms with E-state index in [9.17, 15) is 0 Å². The molecule has 0 saturated heterocycles. The molecule has 0 fully saturated rings. The zero-order valence-corrected chi connectivity index (χ0v) is 9.32. The number of hydrogen-bond acceptors (Lipinski definition) is 2. The molecule has 2 nitrogen and oxygen atoms in total. The number of benzene rings is 2. The van der Waals surface area contributed by atoms with Crippen molar-refractivity contribution < 1.29 is 4.84 Å². The fourth-order valence-electron chi connectivity index (χ4n) is 1.70. The lowest BCUT2D eigenvalue weighted by Gasteiger charge is -2.15. The number of hydroxylamine groups is 2. The Morgan fingerprint density at radius 3 is 2.47 bits per heavy atom. The van der Waals surface area contributed by atoms with Gasteiger partial charge in [-0.1, -0.05) is 30.3 Å². The zero-order valence-electron chi connectivity index (χ0n) is 9.32. The van der Waals surface area contributed by atoms with Crippen LogP contribution in [0.5, 0.6) is 5.75 Å². The van der Waals surface area contributed by atoms with Gasteiger partial charge in [-0.2, -0.15) is 5.06 Å². The van der Waals surface area contributed by atoms with E-state index in [0.29, 0.717) is 0 Å². The molecule has 2 aromatic rings. The predicted octanol–water partition coefficient (Wildman–Crippen LogP) is 3.00. The minimum absolute atomic E-state index is 0.915. The minimum atomic E-state index is 0.915. The summed E-state index contributed by atoms with van der Waals surface area (Å²) in [6.07, 6.45) is 0. The summed E-state index contributed by atoms with van der Waals surface area (Å²) < 4.78 is 0. The van der Waals surface area contributed by atoms with Gasteiger partial charge in [0, 0.05) is 19.7 Å². The summed E-state index contributed by atoms with van der Waals surface area (Å²) in [5.41, 5.74) is 1.18. The van der Waals surface area contributed by atoms with Gasteiger partial charge in [0.2, 0.25) is 0 Å². The van der Waals surface area contributed by atoms with E-state index in [0.717, 1.165) is 5.75 Å². The molecular weight excluding hydrogens is 186 g/mol. The van der Waals surface area contributed by atoms with Crippen molar-refractivity contribution >= 4 is 10.8 Å². The Bertz CT molecular complexity index is 477. The highest BCUT2D eigenvalue weighted by molar-refractivity contribution is 5.87. The van der Waals surface area contributed by atoms with Crippen LogP contribution in [0.1, 0.15) is 5.56 Å². The maximum absolute atomic E-state index is 5.59. The van der Waals surface area contributed by atoms with Gasteiger partial charge < -0.3 is 4.84 Å². The molecule has 0 N–H and O–H groups in total.